The fraction of sp³-hybridized carbons (Fsp3) is 0.579. The van der Waals surface area contributed by atoms with E-state index in [1.807, 2.05) is 6.07 Å². The number of β-amino-alcohol motifs (C(OH)–C–C–N with tert-alkyl or cyclic N) is 1. The van der Waals surface area contributed by atoms with E-state index in [4.69, 9.17) is 9.68 Å². The molecule has 0 aromatic carbocycles. The first-order valence-electron chi connectivity index (χ1n) is 9.31. The highest BCUT2D eigenvalue weighted by Gasteiger charge is 2.29. The van der Waals surface area contributed by atoms with E-state index in [0.717, 1.165) is 67.3 Å². The van der Waals surface area contributed by atoms with Crippen LogP contribution in [-0.4, -0.2) is 46.3 Å². The molecule has 0 amide bonds. The minimum Gasteiger partial charge on any atom is -0.444 e. The lowest BCUT2D eigenvalue weighted by molar-refractivity contribution is 0.0352. The molecule has 2 aliphatic rings. The number of aliphatic hydroxyl groups is 1. The molecule has 6 nitrogen and oxygen atoms in total. The van der Waals surface area contributed by atoms with Crippen molar-refractivity contribution in [3.8, 4) is 6.07 Å². The molecule has 7 heteroatoms. The number of nitrogens with zero attached hydrogens (tertiary/aromatic N) is 3. The summed E-state index contributed by atoms with van der Waals surface area (Å²) in [5, 5.41) is 23.3. The van der Waals surface area contributed by atoms with Crippen LogP contribution >= 0.6 is 15.9 Å². The molecular formula is C19H23BrN4O2. The molecule has 4 rings (SSSR count). The van der Waals surface area contributed by atoms with Crippen molar-refractivity contribution in [2.45, 2.75) is 56.7 Å². The van der Waals surface area contributed by atoms with Crippen LogP contribution < -0.4 is 5.32 Å². The number of fused-ring (bicyclic) bond motifs is 1. The molecular weight excluding hydrogens is 396 g/mol. The van der Waals surface area contributed by atoms with Gasteiger partial charge in [0, 0.05) is 30.1 Å². The van der Waals surface area contributed by atoms with Crippen molar-refractivity contribution in [2.24, 2.45) is 0 Å². The topological polar surface area (TPSA) is 85.3 Å². The monoisotopic (exact) mass is 418 g/mol. The minimum absolute atomic E-state index is 0.153. The van der Waals surface area contributed by atoms with Crippen LogP contribution in [0.25, 0.3) is 11.0 Å². The minimum atomic E-state index is -0.153. The lowest BCUT2D eigenvalue weighted by Gasteiger charge is -2.40. The summed E-state index contributed by atoms with van der Waals surface area (Å²) >= 11 is 3.60. The molecule has 1 aliphatic carbocycles. The van der Waals surface area contributed by atoms with Gasteiger partial charge in [0.15, 0.2) is 5.58 Å². The molecule has 1 aliphatic heterocycles. The van der Waals surface area contributed by atoms with Crippen LogP contribution in [-0.2, 0) is 0 Å². The summed E-state index contributed by atoms with van der Waals surface area (Å²) in [6.45, 7) is 1.94. The Kier molecular flexibility index (Phi) is 5.16. The van der Waals surface area contributed by atoms with Gasteiger partial charge < -0.3 is 14.8 Å². The number of hydrogen-bond donors (Lipinski definition) is 2. The Hall–Kier alpha value is -1.62. The highest BCUT2D eigenvalue weighted by Crippen LogP contribution is 2.34. The van der Waals surface area contributed by atoms with Gasteiger partial charge in [0.25, 0.3) is 0 Å². The lowest BCUT2D eigenvalue weighted by atomic mass is 9.89. The Balaban J connectivity index is 1.39. The summed E-state index contributed by atoms with van der Waals surface area (Å²) in [5.41, 5.74) is 0.617. The van der Waals surface area contributed by atoms with E-state index >= 15 is 0 Å². The number of nitrogens with one attached hydrogen (secondary N) is 1. The summed E-state index contributed by atoms with van der Waals surface area (Å²) in [6.07, 6.45) is 8.05. The maximum absolute atomic E-state index is 9.90. The first-order chi connectivity index (χ1) is 12.6. The standard InChI is InChI=1S/C19H23BrN4O2/c20-18-16-8-15(9-21)26-17(16)10-22-19(18)23-12-3-5-13(6-4-12)24-7-1-2-14(25)11-24/h8,10,12-14,25H,1-7,11H2,(H,22,23). The average molecular weight is 419 g/mol. The van der Waals surface area contributed by atoms with Crippen LogP contribution in [0.2, 0.25) is 0 Å². The number of halogens is 1. The van der Waals surface area contributed by atoms with Gasteiger partial charge in [0.1, 0.15) is 11.9 Å². The normalized spacial score (nSPS) is 27.3. The zero-order valence-corrected chi connectivity index (χ0v) is 16.2. The third kappa shape index (κ3) is 3.59. The Morgan fingerprint density at radius 2 is 2.12 bits per heavy atom. The summed E-state index contributed by atoms with van der Waals surface area (Å²) in [4.78, 5) is 6.93. The number of nitriles is 1. The molecule has 2 N–H and O–H groups in total. The van der Waals surface area contributed by atoms with Crippen molar-refractivity contribution in [1.29, 1.82) is 5.26 Å². The van der Waals surface area contributed by atoms with Gasteiger partial charge in [0.05, 0.1) is 16.8 Å². The number of rotatable bonds is 3. The van der Waals surface area contributed by atoms with Crippen LogP contribution in [0.1, 0.15) is 44.3 Å². The number of aromatic nitrogens is 1. The third-order valence-electron chi connectivity index (χ3n) is 5.61. The third-order valence-corrected chi connectivity index (χ3v) is 6.41. The molecule has 3 heterocycles. The van der Waals surface area contributed by atoms with Gasteiger partial charge >= 0.3 is 0 Å². The van der Waals surface area contributed by atoms with Gasteiger partial charge in [-0.25, -0.2) is 4.98 Å². The van der Waals surface area contributed by atoms with Crippen LogP contribution in [0.4, 0.5) is 5.82 Å². The van der Waals surface area contributed by atoms with Gasteiger partial charge in [0.2, 0.25) is 5.76 Å². The lowest BCUT2D eigenvalue weighted by Crippen LogP contribution is -2.47. The predicted molar refractivity (Wildman–Crippen MR) is 103 cm³/mol. The van der Waals surface area contributed by atoms with Crippen molar-refractivity contribution in [1.82, 2.24) is 9.88 Å². The molecule has 138 valence electrons. The van der Waals surface area contributed by atoms with Gasteiger partial charge in [-0.1, -0.05) is 0 Å². The Morgan fingerprint density at radius 3 is 2.85 bits per heavy atom. The summed E-state index contributed by atoms with van der Waals surface area (Å²) in [5.74, 6) is 1.10. The molecule has 0 radical (unpaired) electrons. The first kappa shape index (κ1) is 17.8. The quantitative estimate of drug-likeness (QED) is 0.790. The number of likely N-dealkylation sites (tertiary alicyclic amines) is 1. The fourth-order valence-corrected chi connectivity index (χ4v) is 4.76. The van der Waals surface area contributed by atoms with Gasteiger partial charge in [-0.05, 0) is 61.0 Å². The van der Waals surface area contributed by atoms with Crippen molar-refractivity contribution in [2.75, 3.05) is 18.4 Å². The zero-order chi connectivity index (χ0) is 18.1. The van der Waals surface area contributed by atoms with E-state index in [-0.39, 0.29) is 6.10 Å². The highest BCUT2D eigenvalue weighted by atomic mass is 79.9. The molecule has 1 saturated carbocycles. The molecule has 2 fully saturated rings. The summed E-state index contributed by atoms with van der Waals surface area (Å²) < 4.78 is 6.27. The number of aliphatic hydroxyl groups excluding tert-OH is 1. The zero-order valence-electron chi connectivity index (χ0n) is 14.6. The van der Waals surface area contributed by atoms with E-state index in [0.29, 0.717) is 23.4 Å². The van der Waals surface area contributed by atoms with Crippen LogP contribution in [0.5, 0.6) is 0 Å². The van der Waals surface area contributed by atoms with Gasteiger partial charge in [-0.3, -0.25) is 4.90 Å². The second-order valence-electron chi connectivity index (χ2n) is 7.36. The molecule has 0 bridgehead atoms. The summed E-state index contributed by atoms with van der Waals surface area (Å²) in [7, 11) is 0. The van der Waals surface area contributed by atoms with Crippen molar-refractivity contribution >= 4 is 32.7 Å². The largest absolute Gasteiger partial charge is 0.444 e. The molecule has 1 unspecified atom stereocenters. The number of anilines is 1. The van der Waals surface area contributed by atoms with E-state index in [2.05, 4.69) is 31.1 Å². The van der Waals surface area contributed by atoms with Crippen LogP contribution in [0, 0.1) is 11.3 Å². The molecule has 0 spiro atoms. The van der Waals surface area contributed by atoms with E-state index in [1.54, 1.807) is 12.3 Å². The van der Waals surface area contributed by atoms with Crippen molar-refractivity contribution in [3.63, 3.8) is 0 Å². The van der Waals surface area contributed by atoms with E-state index in [9.17, 15) is 5.11 Å². The fourth-order valence-electron chi connectivity index (χ4n) is 4.23. The number of furan rings is 1. The molecule has 2 aromatic rings. The maximum atomic E-state index is 9.90. The van der Waals surface area contributed by atoms with E-state index < -0.39 is 0 Å². The molecule has 2 aromatic heterocycles. The smallest absolute Gasteiger partial charge is 0.204 e. The van der Waals surface area contributed by atoms with Gasteiger partial charge in [-0.2, -0.15) is 5.26 Å². The second-order valence-corrected chi connectivity index (χ2v) is 8.15. The van der Waals surface area contributed by atoms with Crippen molar-refractivity contribution in [3.05, 3.63) is 22.5 Å². The number of pyridine rings is 1. The maximum Gasteiger partial charge on any atom is 0.204 e. The van der Waals surface area contributed by atoms with Gasteiger partial charge in [-0.15, -0.1) is 0 Å². The van der Waals surface area contributed by atoms with Crippen LogP contribution in [0.15, 0.2) is 21.2 Å². The van der Waals surface area contributed by atoms with E-state index in [1.165, 1.54) is 0 Å². The Morgan fingerprint density at radius 1 is 1.31 bits per heavy atom. The number of hydrogen-bond acceptors (Lipinski definition) is 6. The highest BCUT2D eigenvalue weighted by molar-refractivity contribution is 9.10. The van der Waals surface area contributed by atoms with Crippen LogP contribution in [0.3, 0.4) is 0 Å². The Bertz CT molecular complexity index is 823. The second kappa shape index (κ2) is 7.55. The summed E-state index contributed by atoms with van der Waals surface area (Å²) in [6, 6.07) is 4.75. The molecule has 1 atom stereocenters. The number of piperidine rings is 1. The Labute approximate surface area is 161 Å². The van der Waals surface area contributed by atoms with Crippen molar-refractivity contribution < 1.29 is 9.52 Å². The molecule has 26 heavy (non-hydrogen) atoms. The molecule has 1 saturated heterocycles. The SMILES string of the molecule is N#Cc1cc2c(Br)c(NC3CCC(N4CCCC(O)C4)CC3)ncc2o1. The average Bonchev–Trinajstić information content (AvgIpc) is 3.09. The first-order valence-corrected chi connectivity index (χ1v) is 10.1. The predicted octanol–water partition coefficient (Wildman–Crippen LogP) is 3.64.